The average Bonchev–Trinajstić information content (AvgIpc) is 3.09. The van der Waals surface area contributed by atoms with Crippen molar-refractivity contribution < 1.29 is 15.0 Å². The number of carboxylic acids is 1. The standard InChI is InChI=1S/C13H16O3/c1-2-9-4-3-5-10(8-9)13(6-7-13)11(14)12(15)16/h3-5,8,11,14H,2,6-7H2,1H3,(H,15,16). The predicted octanol–water partition coefficient (Wildman–Crippen LogP) is 1.73. The molecule has 3 heteroatoms. The van der Waals surface area contributed by atoms with Gasteiger partial charge in [-0.25, -0.2) is 4.79 Å². The van der Waals surface area contributed by atoms with Gasteiger partial charge in [0.2, 0.25) is 0 Å². The van der Waals surface area contributed by atoms with Crippen LogP contribution in [0.1, 0.15) is 30.9 Å². The van der Waals surface area contributed by atoms with Crippen LogP contribution in [0.4, 0.5) is 0 Å². The number of carbonyl (C=O) groups is 1. The summed E-state index contributed by atoms with van der Waals surface area (Å²) in [7, 11) is 0. The summed E-state index contributed by atoms with van der Waals surface area (Å²) in [6, 6.07) is 7.88. The molecule has 1 aliphatic rings. The molecule has 1 fully saturated rings. The smallest absolute Gasteiger partial charge is 0.333 e. The van der Waals surface area contributed by atoms with E-state index in [0.717, 1.165) is 24.8 Å². The van der Waals surface area contributed by atoms with Crippen LogP contribution in [0.15, 0.2) is 24.3 Å². The molecule has 0 spiro atoms. The van der Waals surface area contributed by atoms with Gasteiger partial charge in [-0.2, -0.15) is 0 Å². The number of aryl methyl sites for hydroxylation is 1. The zero-order valence-corrected chi connectivity index (χ0v) is 9.31. The van der Waals surface area contributed by atoms with Crippen molar-refractivity contribution in [2.45, 2.75) is 37.7 Å². The number of hydrogen-bond donors (Lipinski definition) is 2. The molecule has 0 aromatic heterocycles. The molecule has 0 aliphatic heterocycles. The van der Waals surface area contributed by atoms with Gasteiger partial charge >= 0.3 is 5.97 Å². The number of aliphatic hydroxyl groups is 1. The Morgan fingerprint density at radius 1 is 1.50 bits per heavy atom. The van der Waals surface area contributed by atoms with Gasteiger partial charge in [-0.15, -0.1) is 0 Å². The van der Waals surface area contributed by atoms with Crippen LogP contribution in [-0.4, -0.2) is 22.3 Å². The Morgan fingerprint density at radius 2 is 2.19 bits per heavy atom. The second-order valence-electron chi connectivity index (χ2n) is 4.45. The molecule has 2 N–H and O–H groups in total. The SMILES string of the molecule is CCc1cccc(C2(C(O)C(=O)O)CC2)c1. The zero-order valence-electron chi connectivity index (χ0n) is 9.31. The number of benzene rings is 1. The third kappa shape index (κ3) is 1.71. The van der Waals surface area contributed by atoms with E-state index in [9.17, 15) is 9.90 Å². The molecule has 86 valence electrons. The van der Waals surface area contributed by atoms with E-state index in [0.29, 0.717) is 0 Å². The van der Waals surface area contributed by atoms with Gasteiger partial charge in [-0.3, -0.25) is 0 Å². The van der Waals surface area contributed by atoms with Gasteiger partial charge in [0.1, 0.15) is 0 Å². The van der Waals surface area contributed by atoms with Gasteiger partial charge in [0, 0.05) is 5.41 Å². The summed E-state index contributed by atoms with van der Waals surface area (Å²) in [6.45, 7) is 2.06. The first-order chi connectivity index (χ1) is 7.60. The lowest BCUT2D eigenvalue weighted by Crippen LogP contribution is -2.33. The highest BCUT2D eigenvalue weighted by atomic mass is 16.4. The Hall–Kier alpha value is -1.35. The monoisotopic (exact) mass is 220 g/mol. The maximum atomic E-state index is 10.9. The number of aliphatic carboxylic acids is 1. The number of carboxylic acid groups (broad SMARTS) is 1. The van der Waals surface area contributed by atoms with Crippen LogP contribution in [0.5, 0.6) is 0 Å². The van der Waals surface area contributed by atoms with E-state index in [1.165, 1.54) is 5.56 Å². The molecule has 0 radical (unpaired) electrons. The fraction of sp³-hybridized carbons (Fsp3) is 0.462. The van der Waals surface area contributed by atoms with Crippen LogP contribution >= 0.6 is 0 Å². The Kier molecular flexibility index (Phi) is 2.72. The van der Waals surface area contributed by atoms with E-state index in [4.69, 9.17) is 5.11 Å². The number of hydrogen-bond acceptors (Lipinski definition) is 2. The largest absolute Gasteiger partial charge is 0.479 e. The van der Waals surface area contributed by atoms with Crippen LogP contribution in [0.2, 0.25) is 0 Å². The Labute approximate surface area is 94.7 Å². The fourth-order valence-corrected chi connectivity index (χ4v) is 2.19. The highest BCUT2D eigenvalue weighted by Gasteiger charge is 2.53. The summed E-state index contributed by atoms with van der Waals surface area (Å²) in [5, 5.41) is 18.6. The van der Waals surface area contributed by atoms with Crippen molar-refractivity contribution in [1.82, 2.24) is 0 Å². The van der Waals surface area contributed by atoms with Crippen molar-refractivity contribution >= 4 is 5.97 Å². The molecule has 1 aliphatic carbocycles. The van der Waals surface area contributed by atoms with Crippen LogP contribution in [0.3, 0.4) is 0 Å². The molecule has 0 amide bonds. The first kappa shape index (κ1) is 11.1. The van der Waals surface area contributed by atoms with E-state index in [1.807, 2.05) is 24.3 Å². The molecule has 2 rings (SSSR count). The maximum Gasteiger partial charge on any atom is 0.333 e. The van der Waals surface area contributed by atoms with Crippen molar-refractivity contribution in [3.8, 4) is 0 Å². The summed E-state index contributed by atoms with van der Waals surface area (Å²) >= 11 is 0. The average molecular weight is 220 g/mol. The lowest BCUT2D eigenvalue weighted by atomic mass is 9.88. The Bertz CT molecular complexity index is 407. The highest BCUT2D eigenvalue weighted by molar-refractivity contribution is 5.75. The minimum Gasteiger partial charge on any atom is -0.479 e. The van der Waals surface area contributed by atoms with E-state index in [1.54, 1.807) is 0 Å². The fourth-order valence-electron chi connectivity index (χ4n) is 2.19. The second kappa shape index (κ2) is 3.91. The van der Waals surface area contributed by atoms with E-state index in [2.05, 4.69) is 6.92 Å². The Balaban J connectivity index is 2.32. The number of aliphatic hydroxyl groups excluding tert-OH is 1. The van der Waals surface area contributed by atoms with Crippen molar-refractivity contribution in [3.05, 3.63) is 35.4 Å². The summed E-state index contributed by atoms with van der Waals surface area (Å²) in [4.78, 5) is 10.9. The Morgan fingerprint density at radius 3 is 2.69 bits per heavy atom. The van der Waals surface area contributed by atoms with Gasteiger partial charge in [0.15, 0.2) is 6.10 Å². The van der Waals surface area contributed by atoms with Crippen LogP contribution in [0, 0.1) is 0 Å². The summed E-state index contributed by atoms with van der Waals surface area (Å²) in [5.74, 6) is -1.13. The van der Waals surface area contributed by atoms with E-state index in [-0.39, 0.29) is 0 Å². The van der Waals surface area contributed by atoms with Crippen molar-refractivity contribution in [2.24, 2.45) is 0 Å². The van der Waals surface area contributed by atoms with Gasteiger partial charge in [0.25, 0.3) is 0 Å². The number of rotatable bonds is 4. The molecule has 0 bridgehead atoms. The zero-order chi connectivity index (χ0) is 11.8. The van der Waals surface area contributed by atoms with Crippen molar-refractivity contribution in [2.75, 3.05) is 0 Å². The third-order valence-corrected chi connectivity index (χ3v) is 3.46. The van der Waals surface area contributed by atoms with Gasteiger partial charge in [0.05, 0.1) is 0 Å². The van der Waals surface area contributed by atoms with Crippen LogP contribution in [-0.2, 0) is 16.6 Å². The molecule has 3 nitrogen and oxygen atoms in total. The minimum absolute atomic E-state index is 0.531. The van der Waals surface area contributed by atoms with Crippen molar-refractivity contribution in [3.63, 3.8) is 0 Å². The molecular formula is C13H16O3. The summed E-state index contributed by atoms with van der Waals surface area (Å²) in [6.07, 6.45) is 1.16. The predicted molar refractivity (Wildman–Crippen MR) is 60.4 cm³/mol. The third-order valence-electron chi connectivity index (χ3n) is 3.46. The molecule has 1 aromatic rings. The quantitative estimate of drug-likeness (QED) is 0.812. The van der Waals surface area contributed by atoms with Crippen LogP contribution < -0.4 is 0 Å². The van der Waals surface area contributed by atoms with E-state index < -0.39 is 17.5 Å². The first-order valence-electron chi connectivity index (χ1n) is 5.60. The van der Waals surface area contributed by atoms with Gasteiger partial charge in [-0.1, -0.05) is 31.2 Å². The first-order valence-corrected chi connectivity index (χ1v) is 5.60. The molecule has 0 saturated heterocycles. The lowest BCUT2D eigenvalue weighted by molar-refractivity contribution is -0.148. The minimum atomic E-state index is -1.28. The molecule has 1 aromatic carbocycles. The van der Waals surface area contributed by atoms with E-state index >= 15 is 0 Å². The molecular weight excluding hydrogens is 204 g/mol. The normalized spacial score (nSPS) is 19.1. The van der Waals surface area contributed by atoms with Crippen LogP contribution in [0.25, 0.3) is 0 Å². The second-order valence-corrected chi connectivity index (χ2v) is 4.45. The maximum absolute atomic E-state index is 10.9. The molecule has 1 unspecified atom stereocenters. The highest BCUT2D eigenvalue weighted by Crippen LogP contribution is 2.51. The lowest BCUT2D eigenvalue weighted by Gasteiger charge is -2.19. The molecule has 1 atom stereocenters. The summed E-state index contributed by atoms with van der Waals surface area (Å²) < 4.78 is 0. The molecule has 1 saturated carbocycles. The summed E-state index contributed by atoms with van der Waals surface area (Å²) in [5.41, 5.74) is 1.61. The van der Waals surface area contributed by atoms with Crippen molar-refractivity contribution in [1.29, 1.82) is 0 Å². The molecule has 0 heterocycles. The van der Waals surface area contributed by atoms with Gasteiger partial charge < -0.3 is 10.2 Å². The molecule has 16 heavy (non-hydrogen) atoms. The topological polar surface area (TPSA) is 57.5 Å². The van der Waals surface area contributed by atoms with Gasteiger partial charge in [-0.05, 0) is 30.4 Å².